The quantitative estimate of drug-likeness (QED) is 0.742. The van der Waals surface area contributed by atoms with Crippen LogP contribution in [-0.2, 0) is 10.8 Å². The molecule has 1 aromatic rings. The van der Waals surface area contributed by atoms with Gasteiger partial charge in [-0.25, -0.2) is 0 Å². The van der Waals surface area contributed by atoms with E-state index in [2.05, 4.69) is 0 Å². The molecule has 17 heavy (non-hydrogen) atoms. The first-order valence-corrected chi connectivity index (χ1v) is 8.47. The first-order valence-electron chi connectivity index (χ1n) is 6.21. The number of hydrogen-bond acceptors (Lipinski definition) is 3. The molecular formula is C13H18O2S2. The molecule has 0 aromatic carbocycles. The van der Waals surface area contributed by atoms with Crippen molar-refractivity contribution in [2.75, 3.05) is 5.75 Å². The normalized spacial score (nSPS) is 18.4. The maximum Gasteiger partial charge on any atom is 0.172 e. The average molecular weight is 270 g/mol. The Morgan fingerprint density at radius 1 is 1.41 bits per heavy atom. The summed E-state index contributed by atoms with van der Waals surface area (Å²) in [6.45, 7) is 0. The van der Waals surface area contributed by atoms with Gasteiger partial charge in [-0.2, -0.15) is 0 Å². The van der Waals surface area contributed by atoms with Crippen LogP contribution in [-0.4, -0.2) is 21.0 Å². The van der Waals surface area contributed by atoms with Crippen LogP contribution in [0.3, 0.4) is 0 Å². The van der Waals surface area contributed by atoms with Crippen LogP contribution in [0.25, 0.3) is 0 Å². The molecule has 2 rings (SSSR count). The Bertz CT molecular complexity index is 378. The van der Waals surface area contributed by atoms with Crippen molar-refractivity contribution in [3.05, 3.63) is 22.4 Å². The van der Waals surface area contributed by atoms with Crippen molar-refractivity contribution in [2.45, 2.75) is 43.8 Å². The maximum atomic E-state index is 11.9. The van der Waals surface area contributed by atoms with E-state index < -0.39 is 10.8 Å². The van der Waals surface area contributed by atoms with Gasteiger partial charge < -0.3 is 0 Å². The molecule has 1 aliphatic rings. The standard InChI is InChI=1S/C13H18O2S2/c14-12(13-8-3-9-16-13)7-4-10-17(15)11-5-1-2-6-11/h3,8-9,11H,1-2,4-7,10H2. The fourth-order valence-electron chi connectivity index (χ4n) is 2.25. The zero-order valence-electron chi connectivity index (χ0n) is 9.89. The second kappa shape index (κ2) is 6.45. The van der Waals surface area contributed by atoms with Gasteiger partial charge in [0.05, 0.1) is 4.88 Å². The number of thiophene rings is 1. The van der Waals surface area contributed by atoms with E-state index in [-0.39, 0.29) is 5.78 Å². The van der Waals surface area contributed by atoms with Crippen molar-refractivity contribution >= 4 is 27.9 Å². The molecule has 1 aromatic heterocycles. The number of ketones is 1. The van der Waals surface area contributed by atoms with Gasteiger partial charge in [0.25, 0.3) is 0 Å². The monoisotopic (exact) mass is 270 g/mol. The molecular weight excluding hydrogens is 252 g/mol. The Kier molecular flexibility index (Phi) is 4.92. The molecule has 0 amide bonds. The molecule has 0 radical (unpaired) electrons. The fourth-order valence-corrected chi connectivity index (χ4v) is 4.57. The van der Waals surface area contributed by atoms with Crippen LogP contribution in [0.15, 0.2) is 17.5 Å². The fraction of sp³-hybridized carbons (Fsp3) is 0.615. The van der Waals surface area contributed by atoms with Crippen molar-refractivity contribution in [3.63, 3.8) is 0 Å². The summed E-state index contributed by atoms with van der Waals surface area (Å²) < 4.78 is 11.9. The molecule has 1 unspecified atom stereocenters. The summed E-state index contributed by atoms with van der Waals surface area (Å²) in [5.41, 5.74) is 0. The third-order valence-corrected chi connectivity index (χ3v) is 6.04. The summed E-state index contributed by atoms with van der Waals surface area (Å²) in [6, 6.07) is 3.76. The van der Waals surface area contributed by atoms with Gasteiger partial charge in [0, 0.05) is 28.2 Å². The SMILES string of the molecule is O=C(CCCS(=O)C1CCCC1)c1cccs1. The summed E-state index contributed by atoms with van der Waals surface area (Å²) in [5, 5.41) is 2.33. The third-order valence-electron chi connectivity index (χ3n) is 3.22. The highest BCUT2D eigenvalue weighted by atomic mass is 32.2. The summed E-state index contributed by atoms with van der Waals surface area (Å²) >= 11 is 1.49. The molecule has 0 bridgehead atoms. The van der Waals surface area contributed by atoms with Crippen LogP contribution < -0.4 is 0 Å². The molecule has 1 heterocycles. The minimum absolute atomic E-state index is 0.198. The lowest BCUT2D eigenvalue weighted by molar-refractivity contribution is 0.0986. The minimum atomic E-state index is -0.707. The molecule has 1 fully saturated rings. The zero-order chi connectivity index (χ0) is 12.1. The summed E-state index contributed by atoms with van der Waals surface area (Å²) in [7, 11) is -0.707. The van der Waals surface area contributed by atoms with Crippen LogP contribution in [0.2, 0.25) is 0 Å². The Morgan fingerprint density at radius 3 is 2.82 bits per heavy atom. The molecule has 2 nitrogen and oxygen atoms in total. The van der Waals surface area contributed by atoms with Gasteiger partial charge in [-0.1, -0.05) is 18.9 Å². The minimum Gasteiger partial charge on any atom is -0.293 e. The second-order valence-electron chi connectivity index (χ2n) is 4.50. The summed E-state index contributed by atoms with van der Waals surface area (Å²) in [6.07, 6.45) is 5.99. The van der Waals surface area contributed by atoms with Crippen molar-refractivity contribution in [1.29, 1.82) is 0 Å². The van der Waals surface area contributed by atoms with Crippen molar-refractivity contribution in [1.82, 2.24) is 0 Å². The smallest absolute Gasteiger partial charge is 0.172 e. The molecule has 1 saturated carbocycles. The van der Waals surface area contributed by atoms with E-state index in [1.165, 1.54) is 24.2 Å². The second-order valence-corrected chi connectivity index (χ2v) is 7.28. The molecule has 0 saturated heterocycles. The summed E-state index contributed by atoms with van der Waals surface area (Å²) in [4.78, 5) is 12.6. The molecule has 4 heteroatoms. The first-order chi connectivity index (χ1) is 8.27. The Balaban J connectivity index is 1.69. The number of carbonyl (C=O) groups excluding carboxylic acids is 1. The van der Waals surface area contributed by atoms with Gasteiger partial charge in [0.15, 0.2) is 5.78 Å². The van der Waals surface area contributed by atoms with E-state index in [0.717, 1.165) is 24.1 Å². The number of carbonyl (C=O) groups is 1. The average Bonchev–Trinajstić information content (AvgIpc) is 3.02. The van der Waals surface area contributed by atoms with Gasteiger partial charge >= 0.3 is 0 Å². The number of rotatable bonds is 6. The summed E-state index contributed by atoms with van der Waals surface area (Å²) in [5.74, 6) is 0.894. The van der Waals surface area contributed by atoms with E-state index in [4.69, 9.17) is 0 Å². The predicted octanol–water partition coefficient (Wildman–Crippen LogP) is 3.40. The molecule has 0 aliphatic heterocycles. The topological polar surface area (TPSA) is 34.1 Å². The van der Waals surface area contributed by atoms with Crippen LogP contribution >= 0.6 is 11.3 Å². The lowest BCUT2D eigenvalue weighted by Crippen LogP contribution is -2.14. The number of Topliss-reactive ketones (excluding diaryl/α,β-unsaturated/α-hetero) is 1. The van der Waals surface area contributed by atoms with Crippen LogP contribution in [0.4, 0.5) is 0 Å². The Morgan fingerprint density at radius 2 is 2.18 bits per heavy atom. The molecule has 1 aliphatic carbocycles. The molecule has 0 spiro atoms. The van der Waals surface area contributed by atoms with Crippen LogP contribution in [0.5, 0.6) is 0 Å². The predicted molar refractivity (Wildman–Crippen MR) is 73.1 cm³/mol. The molecule has 94 valence electrons. The van der Waals surface area contributed by atoms with Crippen LogP contribution in [0.1, 0.15) is 48.2 Å². The highest BCUT2D eigenvalue weighted by Gasteiger charge is 2.21. The molecule has 0 N–H and O–H groups in total. The highest BCUT2D eigenvalue weighted by molar-refractivity contribution is 7.85. The van der Waals surface area contributed by atoms with Crippen molar-refractivity contribution in [3.8, 4) is 0 Å². The van der Waals surface area contributed by atoms with Gasteiger partial charge in [-0.15, -0.1) is 11.3 Å². The van der Waals surface area contributed by atoms with Gasteiger partial charge in [0.2, 0.25) is 0 Å². The third kappa shape index (κ3) is 3.75. The number of hydrogen-bond donors (Lipinski definition) is 0. The van der Waals surface area contributed by atoms with Crippen molar-refractivity contribution < 1.29 is 9.00 Å². The van der Waals surface area contributed by atoms with E-state index in [9.17, 15) is 9.00 Å². The highest BCUT2D eigenvalue weighted by Crippen LogP contribution is 2.23. The lowest BCUT2D eigenvalue weighted by atomic mass is 10.2. The Hall–Kier alpha value is -0.480. The zero-order valence-corrected chi connectivity index (χ0v) is 11.5. The van der Waals surface area contributed by atoms with E-state index in [1.807, 2.05) is 17.5 Å². The van der Waals surface area contributed by atoms with Gasteiger partial charge in [-0.3, -0.25) is 9.00 Å². The van der Waals surface area contributed by atoms with E-state index in [1.54, 1.807) is 0 Å². The largest absolute Gasteiger partial charge is 0.293 e. The molecule has 1 atom stereocenters. The lowest BCUT2D eigenvalue weighted by Gasteiger charge is -2.08. The first kappa shape index (κ1) is 13.0. The van der Waals surface area contributed by atoms with E-state index >= 15 is 0 Å². The maximum absolute atomic E-state index is 11.9. The van der Waals surface area contributed by atoms with Gasteiger partial charge in [0.1, 0.15) is 0 Å². The van der Waals surface area contributed by atoms with Crippen molar-refractivity contribution in [2.24, 2.45) is 0 Å². The Labute approximate surface area is 109 Å². The van der Waals surface area contributed by atoms with Crippen LogP contribution in [0, 0.1) is 0 Å². The van der Waals surface area contributed by atoms with E-state index in [0.29, 0.717) is 17.4 Å². The van der Waals surface area contributed by atoms with Gasteiger partial charge in [-0.05, 0) is 30.7 Å².